The number of methoxy groups -OCH3 is 1. The van der Waals surface area contributed by atoms with E-state index < -0.39 is 0 Å². The highest BCUT2D eigenvalue weighted by molar-refractivity contribution is 7.20. The lowest BCUT2D eigenvalue weighted by Crippen LogP contribution is -2.21. The monoisotopic (exact) mass is 315 g/mol. The average Bonchev–Trinajstić information content (AvgIpc) is 2.98. The van der Waals surface area contributed by atoms with E-state index in [1.807, 2.05) is 30.3 Å². The van der Waals surface area contributed by atoms with Crippen molar-refractivity contribution in [1.82, 2.24) is 5.32 Å². The molecule has 0 spiro atoms. The van der Waals surface area contributed by atoms with Gasteiger partial charge in [-0.15, -0.1) is 11.3 Å². The maximum atomic E-state index is 13.7. The number of hydrogen-bond acceptors (Lipinski definition) is 3. The fourth-order valence-electron chi connectivity index (χ4n) is 2.19. The number of nitrogens with one attached hydrogen (secondary N) is 1. The van der Waals surface area contributed by atoms with Gasteiger partial charge in [0.15, 0.2) is 0 Å². The van der Waals surface area contributed by atoms with E-state index in [0.29, 0.717) is 16.8 Å². The molecule has 0 atom stereocenters. The number of thiophene rings is 1. The molecule has 0 radical (unpaired) electrons. The predicted molar refractivity (Wildman–Crippen MR) is 85.9 cm³/mol. The second-order valence-electron chi connectivity index (χ2n) is 4.80. The Hall–Kier alpha value is -2.40. The van der Waals surface area contributed by atoms with E-state index >= 15 is 0 Å². The SMILES string of the molecule is COc1cccc(CNC(=O)c2cc3c(F)cccc3s2)c1. The number of benzene rings is 2. The molecule has 22 heavy (non-hydrogen) atoms. The van der Waals surface area contributed by atoms with Crippen molar-refractivity contribution >= 4 is 27.3 Å². The minimum atomic E-state index is -0.305. The molecule has 1 heterocycles. The molecular formula is C17H14FNO2S. The van der Waals surface area contributed by atoms with Crippen LogP contribution in [0.15, 0.2) is 48.5 Å². The average molecular weight is 315 g/mol. The molecule has 0 unspecified atom stereocenters. The van der Waals surface area contributed by atoms with E-state index in [-0.39, 0.29) is 11.7 Å². The highest BCUT2D eigenvalue weighted by Gasteiger charge is 2.12. The van der Waals surface area contributed by atoms with Crippen molar-refractivity contribution in [2.45, 2.75) is 6.54 Å². The van der Waals surface area contributed by atoms with Gasteiger partial charge in [0.1, 0.15) is 11.6 Å². The molecule has 0 aliphatic heterocycles. The van der Waals surface area contributed by atoms with Crippen LogP contribution in [0.4, 0.5) is 4.39 Å². The van der Waals surface area contributed by atoms with Crippen LogP contribution in [0.3, 0.4) is 0 Å². The van der Waals surface area contributed by atoms with Crippen molar-refractivity contribution in [2.75, 3.05) is 7.11 Å². The summed E-state index contributed by atoms with van der Waals surface area (Å²) in [6.45, 7) is 0.396. The second-order valence-corrected chi connectivity index (χ2v) is 5.88. The molecule has 3 nitrogen and oxygen atoms in total. The van der Waals surface area contributed by atoms with Crippen LogP contribution in [0.1, 0.15) is 15.2 Å². The largest absolute Gasteiger partial charge is 0.497 e. The zero-order valence-corrected chi connectivity index (χ0v) is 12.7. The molecule has 1 aromatic heterocycles. The van der Waals surface area contributed by atoms with Gasteiger partial charge in [0.2, 0.25) is 0 Å². The summed E-state index contributed by atoms with van der Waals surface area (Å²) in [6.07, 6.45) is 0. The smallest absolute Gasteiger partial charge is 0.261 e. The molecule has 0 saturated carbocycles. The van der Waals surface area contributed by atoms with Gasteiger partial charge in [-0.1, -0.05) is 18.2 Å². The van der Waals surface area contributed by atoms with Gasteiger partial charge in [0.05, 0.1) is 12.0 Å². The molecule has 0 aliphatic rings. The van der Waals surface area contributed by atoms with Crippen LogP contribution in [0.5, 0.6) is 5.75 Å². The van der Waals surface area contributed by atoms with Crippen molar-refractivity contribution in [1.29, 1.82) is 0 Å². The first-order valence-corrected chi connectivity index (χ1v) is 7.58. The lowest BCUT2D eigenvalue weighted by Gasteiger charge is -2.05. The molecule has 0 saturated heterocycles. The van der Waals surface area contributed by atoms with Crippen molar-refractivity contribution in [2.24, 2.45) is 0 Å². The fraction of sp³-hybridized carbons (Fsp3) is 0.118. The summed E-state index contributed by atoms with van der Waals surface area (Å²) in [5, 5.41) is 3.33. The van der Waals surface area contributed by atoms with Crippen LogP contribution in [-0.2, 0) is 6.54 Å². The van der Waals surface area contributed by atoms with Crippen molar-refractivity contribution in [3.8, 4) is 5.75 Å². The quantitative estimate of drug-likeness (QED) is 0.791. The highest BCUT2D eigenvalue weighted by Crippen LogP contribution is 2.27. The van der Waals surface area contributed by atoms with Gasteiger partial charge in [0.25, 0.3) is 5.91 Å². The van der Waals surface area contributed by atoms with E-state index in [2.05, 4.69) is 5.32 Å². The molecule has 1 amide bonds. The topological polar surface area (TPSA) is 38.3 Å². The number of ether oxygens (including phenoxy) is 1. The maximum absolute atomic E-state index is 13.7. The van der Waals surface area contributed by atoms with Crippen LogP contribution >= 0.6 is 11.3 Å². The lowest BCUT2D eigenvalue weighted by atomic mass is 10.2. The van der Waals surface area contributed by atoms with Gasteiger partial charge in [-0.05, 0) is 35.9 Å². The van der Waals surface area contributed by atoms with Gasteiger partial charge in [0, 0.05) is 16.6 Å². The molecule has 3 aromatic rings. The van der Waals surface area contributed by atoms with Crippen LogP contribution in [0, 0.1) is 5.82 Å². The molecule has 1 N–H and O–H groups in total. The van der Waals surface area contributed by atoms with Crippen LogP contribution < -0.4 is 10.1 Å². The first-order chi connectivity index (χ1) is 10.7. The number of carbonyl (C=O) groups is 1. The number of amides is 1. The number of carbonyl (C=O) groups excluding carboxylic acids is 1. The zero-order chi connectivity index (χ0) is 15.5. The van der Waals surface area contributed by atoms with Crippen LogP contribution in [0.2, 0.25) is 0 Å². The lowest BCUT2D eigenvalue weighted by molar-refractivity contribution is 0.0955. The van der Waals surface area contributed by atoms with E-state index in [1.165, 1.54) is 17.4 Å². The molecule has 0 fully saturated rings. The maximum Gasteiger partial charge on any atom is 0.261 e. The first kappa shape index (κ1) is 14.5. The number of rotatable bonds is 4. The molecule has 2 aromatic carbocycles. The summed E-state index contributed by atoms with van der Waals surface area (Å²) < 4.78 is 19.6. The second kappa shape index (κ2) is 6.15. The van der Waals surface area contributed by atoms with Gasteiger partial charge < -0.3 is 10.1 Å². The Morgan fingerprint density at radius 1 is 1.23 bits per heavy atom. The Morgan fingerprint density at radius 2 is 2.05 bits per heavy atom. The molecule has 0 aliphatic carbocycles. The Balaban J connectivity index is 1.74. The molecule has 112 valence electrons. The van der Waals surface area contributed by atoms with E-state index in [0.717, 1.165) is 16.0 Å². The van der Waals surface area contributed by atoms with Gasteiger partial charge in [-0.25, -0.2) is 4.39 Å². The van der Waals surface area contributed by atoms with Crippen molar-refractivity contribution < 1.29 is 13.9 Å². The minimum Gasteiger partial charge on any atom is -0.497 e. The van der Waals surface area contributed by atoms with E-state index in [1.54, 1.807) is 19.2 Å². The first-order valence-electron chi connectivity index (χ1n) is 6.76. The number of hydrogen-bond donors (Lipinski definition) is 1. The zero-order valence-electron chi connectivity index (χ0n) is 11.9. The van der Waals surface area contributed by atoms with E-state index in [9.17, 15) is 9.18 Å². The summed E-state index contributed by atoms with van der Waals surface area (Å²) in [5.41, 5.74) is 0.944. The molecular weight excluding hydrogens is 301 g/mol. The van der Waals surface area contributed by atoms with E-state index in [4.69, 9.17) is 4.74 Å². The predicted octanol–water partition coefficient (Wildman–Crippen LogP) is 3.98. The Bertz CT molecular complexity index is 828. The fourth-order valence-corrected chi connectivity index (χ4v) is 3.18. The van der Waals surface area contributed by atoms with Gasteiger partial charge in [-0.3, -0.25) is 4.79 Å². The minimum absolute atomic E-state index is 0.205. The molecule has 5 heteroatoms. The van der Waals surface area contributed by atoms with Crippen LogP contribution in [-0.4, -0.2) is 13.0 Å². The number of halogens is 1. The summed E-state index contributed by atoms with van der Waals surface area (Å²) in [7, 11) is 1.60. The van der Waals surface area contributed by atoms with Crippen molar-refractivity contribution in [3.05, 3.63) is 64.8 Å². The summed E-state index contributed by atoms with van der Waals surface area (Å²) in [5.74, 6) is 0.236. The summed E-state index contributed by atoms with van der Waals surface area (Å²) in [6, 6.07) is 13.9. The Labute approximate surface area is 131 Å². The van der Waals surface area contributed by atoms with Gasteiger partial charge in [-0.2, -0.15) is 0 Å². The number of fused-ring (bicyclic) bond motifs is 1. The molecule has 3 rings (SSSR count). The summed E-state index contributed by atoms with van der Waals surface area (Å²) in [4.78, 5) is 12.7. The Kier molecular flexibility index (Phi) is 4.06. The Morgan fingerprint density at radius 3 is 2.82 bits per heavy atom. The summed E-state index contributed by atoms with van der Waals surface area (Å²) >= 11 is 1.29. The normalized spacial score (nSPS) is 10.6. The highest BCUT2D eigenvalue weighted by atomic mass is 32.1. The van der Waals surface area contributed by atoms with Crippen molar-refractivity contribution in [3.63, 3.8) is 0 Å². The third-order valence-electron chi connectivity index (χ3n) is 3.32. The standard InChI is InChI=1S/C17H14FNO2S/c1-21-12-5-2-4-11(8-12)10-19-17(20)16-9-13-14(18)6-3-7-15(13)22-16/h2-9H,10H2,1H3,(H,19,20). The third-order valence-corrected chi connectivity index (χ3v) is 4.42. The molecule has 0 bridgehead atoms. The third kappa shape index (κ3) is 2.94. The van der Waals surface area contributed by atoms with Gasteiger partial charge >= 0.3 is 0 Å². The van der Waals surface area contributed by atoms with Crippen LogP contribution in [0.25, 0.3) is 10.1 Å².